The van der Waals surface area contributed by atoms with Crippen LogP contribution in [-0.4, -0.2) is 12.5 Å². The van der Waals surface area contributed by atoms with Gasteiger partial charge in [0.1, 0.15) is 5.75 Å². The van der Waals surface area contributed by atoms with Gasteiger partial charge in [0, 0.05) is 10.4 Å². The molecule has 13 heavy (non-hydrogen) atoms. The lowest BCUT2D eigenvalue weighted by molar-refractivity contribution is 0.316. The summed E-state index contributed by atoms with van der Waals surface area (Å²) in [5.74, 6) is 1.59. The molecular formula is C10H12BrClO. The maximum atomic E-state index is 5.55. The van der Waals surface area contributed by atoms with E-state index in [4.69, 9.17) is 16.3 Å². The summed E-state index contributed by atoms with van der Waals surface area (Å²) in [6.07, 6.45) is 0.886. The van der Waals surface area contributed by atoms with E-state index in [2.05, 4.69) is 15.9 Å². The Hall–Kier alpha value is -0.210. The molecule has 0 unspecified atom stereocenters. The fraction of sp³-hybridized carbons (Fsp3) is 0.400. The minimum Gasteiger partial charge on any atom is -0.493 e. The second-order valence-corrected chi connectivity index (χ2v) is 4.09. The first kappa shape index (κ1) is 10.9. The highest BCUT2D eigenvalue weighted by atomic mass is 79.9. The summed E-state index contributed by atoms with van der Waals surface area (Å²) < 4.78 is 6.61. The Morgan fingerprint density at radius 2 is 2.23 bits per heavy atom. The second kappa shape index (κ2) is 5.51. The number of halogens is 2. The van der Waals surface area contributed by atoms with Crippen molar-refractivity contribution in [2.24, 2.45) is 0 Å². The molecule has 0 bridgehead atoms. The summed E-state index contributed by atoms with van der Waals surface area (Å²) in [6, 6.07) is 5.98. The summed E-state index contributed by atoms with van der Waals surface area (Å²) in [6.45, 7) is 2.72. The Bertz CT molecular complexity index is 276. The number of hydrogen-bond acceptors (Lipinski definition) is 1. The third-order valence-corrected chi connectivity index (χ3v) is 2.43. The van der Waals surface area contributed by atoms with Crippen molar-refractivity contribution < 1.29 is 4.74 Å². The van der Waals surface area contributed by atoms with Crippen LogP contribution in [0, 0.1) is 6.92 Å². The molecule has 0 aliphatic carbocycles. The van der Waals surface area contributed by atoms with Crippen LogP contribution in [0.4, 0.5) is 0 Å². The highest BCUT2D eigenvalue weighted by Gasteiger charge is 1.98. The zero-order chi connectivity index (χ0) is 9.68. The molecule has 3 heteroatoms. The maximum absolute atomic E-state index is 5.55. The van der Waals surface area contributed by atoms with Gasteiger partial charge in [0.25, 0.3) is 0 Å². The molecule has 0 aromatic heterocycles. The van der Waals surface area contributed by atoms with Crippen LogP contribution in [0.25, 0.3) is 0 Å². The van der Waals surface area contributed by atoms with Crippen molar-refractivity contribution >= 4 is 27.5 Å². The molecule has 0 heterocycles. The van der Waals surface area contributed by atoms with Crippen molar-refractivity contribution in [3.05, 3.63) is 28.2 Å². The van der Waals surface area contributed by atoms with Crippen LogP contribution in [-0.2, 0) is 0 Å². The first-order valence-electron chi connectivity index (χ1n) is 4.19. The fourth-order valence-corrected chi connectivity index (χ4v) is 1.60. The van der Waals surface area contributed by atoms with Gasteiger partial charge in [0.15, 0.2) is 0 Å². The molecule has 0 saturated heterocycles. The van der Waals surface area contributed by atoms with Crippen molar-refractivity contribution in [3.63, 3.8) is 0 Å². The molecule has 1 aromatic rings. The van der Waals surface area contributed by atoms with Crippen LogP contribution >= 0.6 is 27.5 Å². The van der Waals surface area contributed by atoms with Gasteiger partial charge in [-0.15, -0.1) is 11.6 Å². The Morgan fingerprint density at radius 1 is 1.46 bits per heavy atom. The molecule has 1 nitrogen and oxygen atoms in total. The molecule has 0 amide bonds. The van der Waals surface area contributed by atoms with Crippen molar-refractivity contribution in [1.29, 1.82) is 0 Å². The summed E-state index contributed by atoms with van der Waals surface area (Å²) in [4.78, 5) is 0. The number of alkyl halides is 1. The fourth-order valence-electron chi connectivity index (χ4n) is 1.01. The van der Waals surface area contributed by atoms with Gasteiger partial charge in [-0.25, -0.2) is 0 Å². The van der Waals surface area contributed by atoms with Gasteiger partial charge < -0.3 is 4.74 Å². The Morgan fingerprint density at radius 3 is 2.85 bits per heavy atom. The molecule has 72 valence electrons. The number of hydrogen-bond donors (Lipinski definition) is 0. The standard InChI is InChI=1S/C10H12BrClO/c1-8-7-9(11)3-4-10(8)13-6-2-5-12/h3-4,7H,2,5-6H2,1H3. The molecular weight excluding hydrogens is 251 g/mol. The van der Waals surface area contributed by atoms with Crippen LogP contribution in [0.15, 0.2) is 22.7 Å². The number of rotatable bonds is 4. The highest BCUT2D eigenvalue weighted by Crippen LogP contribution is 2.22. The van der Waals surface area contributed by atoms with Crippen LogP contribution in [0.3, 0.4) is 0 Å². The lowest BCUT2D eigenvalue weighted by atomic mass is 10.2. The third kappa shape index (κ3) is 3.57. The van der Waals surface area contributed by atoms with Gasteiger partial charge in [0.2, 0.25) is 0 Å². The van der Waals surface area contributed by atoms with Gasteiger partial charge >= 0.3 is 0 Å². The lowest BCUT2D eigenvalue weighted by Crippen LogP contribution is -1.99. The van der Waals surface area contributed by atoms with E-state index in [1.165, 1.54) is 0 Å². The summed E-state index contributed by atoms with van der Waals surface area (Å²) in [5.41, 5.74) is 1.14. The smallest absolute Gasteiger partial charge is 0.122 e. The topological polar surface area (TPSA) is 9.23 Å². The number of ether oxygens (including phenoxy) is 1. The van der Waals surface area contributed by atoms with E-state index in [1.54, 1.807) is 0 Å². The molecule has 0 aliphatic rings. The quantitative estimate of drug-likeness (QED) is 0.593. The minimum absolute atomic E-state index is 0.648. The predicted molar refractivity (Wildman–Crippen MR) is 59.7 cm³/mol. The lowest BCUT2D eigenvalue weighted by Gasteiger charge is -2.07. The molecule has 0 aliphatic heterocycles. The molecule has 1 rings (SSSR count). The van der Waals surface area contributed by atoms with Crippen LogP contribution in [0.1, 0.15) is 12.0 Å². The molecule has 0 N–H and O–H groups in total. The van der Waals surface area contributed by atoms with E-state index in [1.807, 2.05) is 25.1 Å². The number of benzene rings is 1. The van der Waals surface area contributed by atoms with Crippen LogP contribution in [0.5, 0.6) is 5.75 Å². The maximum Gasteiger partial charge on any atom is 0.122 e. The molecule has 0 radical (unpaired) electrons. The normalized spacial score (nSPS) is 10.1. The Balaban J connectivity index is 2.56. The Labute approximate surface area is 92.2 Å². The van der Waals surface area contributed by atoms with Gasteiger partial charge in [0.05, 0.1) is 6.61 Å². The van der Waals surface area contributed by atoms with E-state index >= 15 is 0 Å². The van der Waals surface area contributed by atoms with E-state index in [-0.39, 0.29) is 0 Å². The minimum atomic E-state index is 0.648. The third-order valence-electron chi connectivity index (χ3n) is 1.67. The average molecular weight is 264 g/mol. The van der Waals surface area contributed by atoms with Gasteiger partial charge in [-0.1, -0.05) is 15.9 Å². The van der Waals surface area contributed by atoms with Crippen molar-refractivity contribution in [2.75, 3.05) is 12.5 Å². The summed E-state index contributed by atoms with van der Waals surface area (Å²) in [5, 5.41) is 0. The van der Waals surface area contributed by atoms with E-state index in [0.717, 1.165) is 22.2 Å². The molecule has 1 aromatic carbocycles. The predicted octanol–water partition coefficient (Wildman–Crippen LogP) is 3.77. The average Bonchev–Trinajstić information content (AvgIpc) is 2.09. The van der Waals surface area contributed by atoms with E-state index < -0.39 is 0 Å². The molecule has 0 atom stereocenters. The zero-order valence-corrected chi connectivity index (χ0v) is 9.86. The zero-order valence-electron chi connectivity index (χ0n) is 7.52. The first-order chi connectivity index (χ1) is 6.24. The van der Waals surface area contributed by atoms with Gasteiger partial charge in [-0.05, 0) is 37.1 Å². The summed E-state index contributed by atoms with van der Waals surface area (Å²) in [7, 11) is 0. The van der Waals surface area contributed by atoms with Crippen molar-refractivity contribution in [1.82, 2.24) is 0 Å². The van der Waals surface area contributed by atoms with Crippen LogP contribution < -0.4 is 4.74 Å². The molecule has 0 saturated carbocycles. The van der Waals surface area contributed by atoms with E-state index in [9.17, 15) is 0 Å². The van der Waals surface area contributed by atoms with Crippen molar-refractivity contribution in [2.45, 2.75) is 13.3 Å². The molecule has 0 spiro atoms. The van der Waals surface area contributed by atoms with Crippen LogP contribution in [0.2, 0.25) is 0 Å². The SMILES string of the molecule is Cc1cc(Br)ccc1OCCCCl. The van der Waals surface area contributed by atoms with Crippen molar-refractivity contribution in [3.8, 4) is 5.75 Å². The van der Waals surface area contributed by atoms with Gasteiger partial charge in [-0.2, -0.15) is 0 Å². The summed E-state index contributed by atoms with van der Waals surface area (Å²) >= 11 is 8.95. The highest BCUT2D eigenvalue weighted by molar-refractivity contribution is 9.10. The number of aryl methyl sites for hydroxylation is 1. The Kier molecular flexibility index (Phi) is 4.60. The first-order valence-corrected chi connectivity index (χ1v) is 5.51. The monoisotopic (exact) mass is 262 g/mol. The molecule has 0 fully saturated rings. The largest absolute Gasteiger partial charge is 0.493 e. The van der Waals surface area contributed by atoms with Gasteiger partial charge in [-0.3, -0.25) is 0 Å². The second-order valence-electron chi connectivity index (χ2n) is 2.80. The van der Waals surface area contributed by atoms with E-state index in [0.29, 0.717) is 12.5 Å².